The highest BCUT2D eigenvalue weighted by molar-refractivity contribution is 6.03. The molecule has 2 aromatic carbocycles. The van der Waals surface area contributed by atoms with E-state index in [1.165, 1.54) is 29.2 Å². The van der Waals surface area contributed by atoms with E-state index in [4.69, 9.17) is 0 Å². The Morgan fingerprint density at radius 2 is 1.62 bits per heavy atom. The van der Waals surface area contributed by atoms with E-state index in [0.29, 0.717) is 24.7 Å². The van der Waals surface area contributed by atoms with E-state index in [9.17, 15) is 22.8 Å². The first-order chi connectivity index (χ1) is 11.4. The van der Waals surface area contributed by atoms with Gasteiger partial charge in [-0.15, -0.1) is 0 Å². The van der Waals surface area contributed by atoms with Crippen molar-refractivity contribution in [3.05, 3.63) is 65.5 Å². The molecule has 1 unspecified atom stereocenters. The number of nitrogens with one attached hydrogen (secondary N) is 1. The van der Waals surface area contributed by atoms with E-state index >= 15 is 0 Å². The zero-order valence-electron chi connectivity index (χ0n) is 12.4. The SMILES string of the molecule is O=C(NC1CCN(c2ccc(F)cc2)C1=O)c1cc(F)cc(F)c1. The molecule has 2 aromatic rings. The van der Waals surface area contributed by atoms with Crippen LogP contribution in [0.3, 0.4) is 0 Å². The van der Waals surface area contributed by atoms with Gasteiger partial charge in [-0.25, -0.2) is 13.2 Å². The van der Waals surface area contributed by atoms with Crippen molar-refractivity contribution in [2.24, 2.45) is 0 Å². The largest absolute Gasteiger partial charge is 0.340 e. The maximum absolute atomic E-state index is 13.2. The predicted molar refractivity (Wildman–Crippen MR) is 81.0 cm³/mol. The molecule has 1 aliphatic heterocycles. The number of hydrogen-bond donors (Lipinski definition) is 1. The number of anilines is 1. The fourth-order valence-electron chi connectivity index (χ4n) is 2.62. The number of amides is 2. The number of halogens is 3. The van der Waals surface area contributed by atoms with Crippen LogP contribution in [0.1, 0.15) is 16.8 Å². The second-order valence-electron chi connectivity index (χ2n) is 5.44. The first-order valence-corrected chi connectivity index (χ1v) is 7.28. The van der Waals surface area contributed by atoms with E-state index in [1.807, 2.05) is 0 Å². The molecule has 0 aromatic heterocycles. The Labute approximate surface area is 135 Å². The van der Waals surface area contributed by atoms with E-state index in [0.717, 1.165) is 12.1 Å². The van der Waals surface area contributed by atoms with Crippen LogP contribution in [0.2, 0.25) is 0 Å². The number of carbonyl (C=O) groups is 2. The number of carbonyl (C=O) groups excluding carboxylic acids is 2. The van der Waals surface area contributed by atoms with Crippen LogP contribution in [0.15, 0.2) is 42.5 Å². The third-order valence-corrected chi connectivity index (χ3v) is 3.77. The molecule has 24 heavy (non-hydrogen) atoms. The normalized spacial score (nSPS) is 17.2. The minimum atomic E-state index is -0.870. The van der Waals surface area contributed by atoms with Crippen molar-refractivity contribution < 1.29 is 22.8 Å². The van der Waals surface area contributed by atoms with Gasteiger partial charge in [-0.2, -0.15) is 0 Å². The molecule has 1 saturated heterocycles. The van der Waals surface area contributed by atoms with Crippen molar-refractivity contribution in [1.82, 2.24) is 5.32 Å². The van der Waals surface area contributed by atoms with Crippen LogP contribution in [0, 0.1) is 17.5 Å². The molecule has 1 heterocycles. The molecular weight excluding hydrogens is 321 g/mol. The summed E-state index contributed by atoms with van der Waals surface area (Å²) >= 11 is 0. The quantitative estimate of drug-likeness (QED) is 0.938. The maximum Gasteiger partial charge on any atom is 0.252 e. The molecule has 0 radical (unpaired) electrons. The van der Waals surface area contributed by atoms with Crippen LogP contribution < -0.4 is 10.2 Å². The molecular formula is C17H13F3N2O2. The number of nitrogens with zero attached hydrogens (tertiary/aromatic N) is 1. The molecule has 0 spiro atoms. The lowest BCUT2D eigenvalue weighted by atomic mass is 10.1. The van der Waals surface area contributed by atoms with Gasteiger partial charge in [0.1, 0.15) is 23.5 Å². The summed E-state index contributed by atoms with van der Waals surface area (Å²) in [7, 11) is 0. The van der Waals surface area contributed by atoms with Crippen LogP contribution in [0.25, 0.3) is 0 Å². The fourth-order valence-corrected chi connectivity index (χ4v) is 2.62. The molecule has 124 valence electrons. The van der Waals surface area contributed by atoms with Gasteiger partial charge in [-0.1, -0.05) is 0 Å². The molecule has 0 saturated carbocycles. The van der Waals surface area contributed by atoms with Gasteiger partial charge in [0.05, 0.1) is 0 Å². The summed E-state index contributed by atoms with van der Waals surface area (Å²) in [4.78, 5) is 25.9. The molecule has 0 aliphatic carbocycles. The van der Waals surface area contributed by atoms with Gasteiger partial charge in [0.2, 0.25) is 5.91 Å². The second-order valence-corrected chi connectivity index (χ2v) is 5.44. The van der Waals surface area contributed by atoms with Crippen LogP contribution in [0.4, 0.5) is 18.9 Å². The third-order valence-electron chi connectivity index (χ3n) is 3.77. The lowest BCUT2D eigenvalue weighted by Crippen LogP contribution is -2.41. The van der Waals surface area contributed by atoms with Gasteiger partial charge in [0, 0.05) is 23.9 Å². The first-order valence-electron chi connectivity index (χ1n) is 7.28. The van der Waals surface area contributed by atoms with Gasteiger partial charge in [0.15, 0.2) is 0 Å². The van der Waals surface area contributed by atoms with Crippen molar-refractivity contribution in [1.29, 1.82) is 0 Å². The topological polar surface area (TPSA) is 49.4 Å². The Kier molecular flexibility index (Phi) is 4.24. The van der Waals surface area contributed by atoms with E-state index in [1.54, 1.807) is 0 Å². The lowest BCUT2D eigenvalue weighted by Gasteiger charge is -2.17. The number of rotatable bonds is 3. The van der Waals surface area contributed by atoms with Crippen LogP contribution >= 0.6 is 0 Å². The van der Waals surface area contributed by atoms with E-state index in [2.05, 4.69) is 5.32 Å². The van der Waals surface area contributed by atoms with Gasteiger partial charge < -0.3 is 10.2 Å². The monoisotopic (exact) mass is 334 g/mol. The molecule has 7 heteroatoms. The van der Waals surface area contributed by atoms with E-state index < -0.39 is 29.4 Å². The Balaban J connectivity index is 1.71. The Bertz CT molecular complexity index is 773. The summed E-state index contributed by atoms with van der Waals surface area (Å²) in [6, 6.07) is 7.08. The standard InChI is InChI=1S/C17H13F3N2O2/c18-11-1-3-14(4-2-11)22-6-5-15(17(22)24)21-16(23)10-7-12(19)9-13(20)8-10/h1-4,7-9,15H,5-6H2,(H,21,23). The average Bonchev–Trinajstić information content (AvgIpc) is 2.88. The van der Waals surface area contributed by atoms with Gasteiger partial charge in [0.25, 0.3) is 5.91 Å². The smallest absolute Gasteiger partial charge is 0.252 e. The molecule has 0 bridgehead atoms. The molecule has 3 rings (SSSR count). The van der Waals surface area contributed by atoms with Crippen molar-refractivity contribution in [3.8, 4) is 0 Å². The maximum atomic E-state index is 13.2. The zero-order chi connectivity index (χ0) is 17.3. The average molecular weight is 334 g/mol. The second kappa shape index (κ2) is 6.35. The summed E-state index contributed by atoms with van der Waals surface area (Å²) in [5, 5.41) is 2.47. The fraction of sp³-hybridized carbons (Fsp3) is 0.176. The molecule has 4 nitrogen and oxygen atoms in total. The van der Waals surface area contributed by atoms with Crippen LogP contribution in [0.5, 0.6) is 0 Å². The number of hydrogen-bond acceptors (Lipinski definition) is 2. The summed E-state index contributed by atoms with van der Waals surface area (Å²) in [6.45, 7) is 0.354. The first kappa shape index (κ1) is 16.0. The van der Waals surface area contributed by atoms with Gasteiger partial charge >= 0.3 is 0 Å². The predicted octanol–water partition coefficient (Wildman–Crippen LogP) is 2.64. The summed E-state index contributed by atoms with van der Waals surface area (Å²) in [5.41, 5.74) is 0.329. The van der Waals surface area contributed by atoms with Crippen molar-refractivity contribution >= 4 is 17.5 Å². The van der Waals surface area contributed by atoms with Crippen LogP contribution in [-0.4, -0.2) is 24.4 Å². The Morgan fingerprint density at radius 3 is 2.25 bits per heavy atom. The molecule has 1 aliphatic rings. The van der Waals surface area contributed by atoms with Crippen molar-refractivity contribution in [2.45, 2.75) is 12.5 Å². The summed E-state index contributed by atoms with van der Waals surface area (Å²) < 4.78 is 39.3. The highest BCUT2D eigenvalue weighted by Gasteiger charge is 2.33. The molecule has 1 atom stereocenters. The molecule has 2 amide bonds. The van der Waals surface area contributed by atoms with Gasteiger partial charge in [-0.05, 0) is 42.8 Å². The van der Waals surface area contributed by atoms with Gasteiger partial charge in [-0.3, -0.25) is 9.59 Å². The minimum Gasteiger partial charge on any atom is -0.340 e. The summed E-state index contributed by atoms with van der Waals surface area (Å²) in [5.74, 6) is -3.24. The molecule has 1 fully saturated rings. The number of benzene rings is 2. The Morgan fingerprint density at radius 1 is 1.00 bits per heavy atom. The lowest BCUT2D eigenvalue weighted by molar-refractivity contribution is -0.118. The van der Waals surface area contributed by atoms with Crippen LogP contribution in [-0.2, 0) is 4.79 Å². The molecule has 1 N–H and O–H groups in total. The van der Waals surface area contributed by atoms with Crippen molar-refractivity contribution in [3.63, 3.8) is 0 Å². The van der Waals surface area contributed by atoms with Crippen molar-refractivity contribution in [2.75, 3.05) is 11.4 Å². The minimum absolute atomic E-state index is 0.194. The summed E-state index contributed by atoms with van der Waals surface area (Å²) in [6.07, 6.45) is 0.347. The Hall–Kier alpha value is -2.83. The van der Waals surface area contributed by atoms with E-state index in [-0.39, 0.29) is 11.5 Å². The zero-order valence-corrected chi connectivity index (χ0v) is 12.4. The highest BCUT2D eigenvalue weighted by Crippen LogP contribution is 2.22. The third kappa shape index (κ3) is 3.24. The highest BCUT2D eigenvalue weighted by atomic mass is 19.1.